The third-order valence-electron chi connectivity index (χ3n) is 6.47. The van der Waals surface area contributed by atoms with Gasteiger partial charge in [0, 0.05) is 5.56 Å². The molecule has 4 rings (SSSR count). The van der Waals surface area contributed by atoms with E-state index in [0.717, 1.165) is 24.1 Å². The van der Waals surface area contributed by atoms with Crippen LogP contribution in [0.4, 0.5) is 17.6 Å². The molecular weight excluding hydrogens is 460 g/mol. The van der Waals surface area contributed by atoms with E-state index in [9.17, 15) is 8.78 Å². The van der Waals surface area contributed by atoms with Gasteiger partial charge in [0.15, 0.2) is 0 Å². The van der Waals surface area contributed by atoms with E-state index in [1.807, 2.05) is 49.4 Å². The highest BCUT2D eigenvalue weighted by atomic mass is 19.1. The van der Waals surface area contributed by atoms with Crippen LogP contribution in [0.15, 0.2) is 91.0 Å². The van der Waals surface area contributed by atoms with Crippen LogP contribution >= 0.6 is 0 Å². The van der Waals surface area contributed by atoms with Gasteiger partial charge in [0.25, 0.3) is 0 Å². The van der Waals surface area contributed by atoms with Gasteiger partial charge in [-0.15, -0.1) is 0 Å². The minimum atomic E-state index is -0.868. The number of halogens is 4. The molecule has 0 nitrogen and oxygen atoms in total. The maximum absolute atomic E-state index is 15.0. The fraction of sp³-hybridized carbons (Fsp3) is 0.188. The van der Waals surface area contributed by atoms with Crippen molar-refractivity contribution in [3.8, 4) is 22.3 Å². The fourth-order valence-electron chi connectivity index (χ4n) is 4.48. The summed E-state index contributed by atoms with van der Waals surface area (Å²) in [4.78, 5) is 0. The molecule has 0 N–H and O–H groups in total. The van der Waals surface area contributed by atoms with Gasteiger partial charge in [-0.05, 0) is 84.2 Å². The van der Waals surface area contributed by atoms with Gasteiger partial charge in [-0.25, -0.2) is 17.6 Å². The third-order valence-corrected chi connectivity index (χ3v) is 6.47. The Morgan fingerprint density at radius 2 is 1.28 bits per heavy atom. The molecule has 0 heterocycles. The average Bonchev–Trinajstić information content (AvgIpc) is 2.86. The topological polar surface area (TPSA) is 0 Å². The lowest BCUT2D eigenvalue weighted by molar-refractivity contribution is 0.554. The van der Waals surface area contributed by atoms with Crippen LogP contribution in [0, 0.1) is 23.3 Å². The van der Waals surface area contributed by atoms with E-state index in [1.54, 1.807) is 12.2 Å². The van der Waals surface area contributed by atoms with Crippen LogP contribution in [0.2, 0.25) is 0 Å². The zero-order chi connectivity index (χ0) is 25.7. The summed E-state index contributed by atoms with van der Waals surface area (Å²) in [5.41, 5.74) is 2.70. The number of rotatable bonds is 8. The molecule has 36 heavy (non-hydrogen) atoms. The normalized spacial score (nSPS) is 12.3. The van der Waals surface area contributed by atoms with E-state index in [0.29, 0.717) is 23.5 Å². The predicted molar refractivity (Wildman–Crippen MR) is 139 cm³/mol. The van der Waals surface area contributed by atoms with Crippen molar-refractivity contribution in [3.63, 3.8) is 0 Å². The largest absolute Gasteiger partial charge is 0.207 e. The first-order valence-corrected chi connectivity index (χ1v) is 12.1. The van der Waals surface area contributed by atoms with Crippen LogP contribution in [0.5, 0.6) is 0 Å². The molecular formula is C32H28F4. The first kappa shape index (κ1) is 25.4. The van der Waals surface area contributed by atoms with Gasteiger partial charge in [-0.1, -0.05) is 73.7 Å². The van der Waals surface area contributed by atoms with E-state index < -0.39 is 28.8 Å². The highest BCUT2D eigenvalue weighted by Crippen LogP contribution is 2.33. The minimum absolute atomic E-state index is 0.0871. The molecule has 0 spiro atoms. The lowest BCUT2D eigenvalue weighted by Crippen LogP contribution is -1.99. The Morgan fingerprint density at radius 1 is 0.694 bits per heavy atom. The van der Waals surface area contributed by atoms with Crippen LogP contribution in [-0.2, 0) is 12.8 Å². The highest BCUT2D eigenvalue weighted by Gasteiger charge is 2.18. The Balaban J connectivity index is 1.56. The molecule has 0 unspecified atom stereocenters. The molecule has 0 aromatic heterocycles. The highest BCUT2D eigenvalue weighted by molar-refractivity contribution is 5.72. The summed E-state index contributed by atoms with van der Waals surface area (Å²) in [6.07, 6.45) is 5.10. The standard InChI is InChI=1S/C32H28F4/c1-3-4-6-11-27-28(33)19-26(20-29(27)34)32-30(35)17-25(18-31(32)36)24-14-12-22(13-15-24)16-21(2)23-9-7-5-8-10-23/h3-5,7-10,12-15,17-21H,6,11,16H2,1-2H3/b4-3+/t21-/m1/s1. The van der Waals surface area contributed by atoms with E-state index in [2.05, 4.69) is 19.1 Å². The van der Waals surface area contributed by atoms with Crippen LogP contribution in [0.25, 0.3) is 22.3 Å². The molecule has 0 saturated carbocycles. The molecule has 0 bridgehead atoms. The fourth-order valence-corrected chi connectivity index (χ4v) is 4.48. The van der Waals surface area contributed by atoms with Gasteiger partial charge in [-0.3, -0.25) is 0 Å². The second-order valence-electron chi connectivity index (χ2n) is 9.05. The molecule has 4 aromatic rings. The molecule has 0 amide bonds. The van der Waals surface area contributed by atoms with Gasteiger partial charge in [-0.2, -0.15) is 0 Å². The van der Waals surface area contributed by atoms with E-state index in [-0.39, 0.29) is 17.5 Å². The molecule has 0 aliphatic rings. The van der Waals surface area contributed by atoms with Gasteiger partial charge in [0.2, 0.25) is 0 Å². The maximum atomic E-state index is 15.0. The van der Waals surface area contributed by atoms with Crippen molar-refractivity contribution in [1.82, 2.24) is 0 Å². The first-order chi connectivity index (χ1) is 17.4. The Kier molecular flexibility index (Phi) is 8.04. The van der Waals surface area contributed by atoms with Crippen LogP contribution < -0.4 is 0 Å². The van der Waals surface area contributed by atoms with Crippen molar-refractivity contribution in [1.29, 1.82) is 0 Å². The van der Waals surface area contributed by atoms with Gasteiger partial charge >= 0.3 is 0 Å². The lowest BCUT2D eigenvalue weighted by atomic mass is 9.92. The second kappa shape index (κ2) is 11.4. The molecule has 0 aliphatic carbocycles. The molecule has 4 aromatic carbocycles. The Morgan fingerprint density at radius 3 is 1.86 bits per heavy atom. The first-order valence-electron chi connectivity index (χ1n) is 12.1. The zero-order valence-corrected chi connectivity index (χ0v) is 20.4. The van der Waals surface area contributed by atoms with E-state index in [1.165, 1.54) is 17.7 Å². The van der Waals surface area contributed by atoms with E-state index >= 15 is 8.78 Å². The minimum Gasteiger partial charge on any atom is -0.207 e. The zero-order valence-electron chi connectivity index (χ0n) is 20.4. The number of benzene rings is 4. The molecule has 0 fully saturated rings. The second-order valence-corrected chi connectivity index (χ2v) is 9.05. The van der Waals surface area contributed by atoms with Crippen molar-refractivity contribution in [3.05, 3.63) is 131 Å². The van der Waals surface area contributed by atoms with Crippen LogP contribution in [-0.4, -0.2) is 0 Å². The summed E-state index contributed by atoms with van der Waals surface area (Å²) in [5, 5.41) is 0. The van der Waals surface area contributed by atoms with Crippen molar-refractivity contribution in [2.24, 2.45) is 0 Å². The maximum Gasteiger partial charge on any atom is 0.134 e. The lowest BCUT2D eigenvalue weighted by Gasteiger charge is -2.13. The summed E-state index contributed by atoms with van der Waals surface area (Å²) in [6, 6.07) is 22.2. The summed E-state index contributed by atoms with van der Waals surface area (Å²) in [7, 11) is 0. The SMILES string of the molecule is C/C=C/CCc1c(F)cc(-c2c(F)cc(-c3ccc(C[C@@H](C)c4ccccc4)cc3)cc2F)cc1F. The van der Waals surface area contributed by atoms with Crippen LogP contribution in [0.1, 0.15) is 42.9 Å². The Bertz CT molecular complexity index is 1310. The average molecular weight is 489 g/mol. The molecule has 0 saturated heterocycles. The van der Waals surface area contributed by atoms with Gasteiger partial charge < -0.3 is 0 Å². The quantitative estimate of drug-likeness (QED) is 0.171. The predicted octanol–water partition coefficient (Wildman–Crippen LogP) is 9.43. The monoisotopic (exact) mass is 488 g/mol. The third kappa shape index (κ3) is 5.76. The van der Waals surface area contributed by atoms with Crippen LogP contribution in [0.3, 0.4) is 0 Å². The van der Waals surface area contributed by atoms with E-state index in [4.69, 9.17) is 0 Å². The molecule has 184 valence electrons. The van der Waals surface area contributed by atoms with Crippen molar-refractivity contribution >= 4 is 0 Å². The summed E-state index contributed by atoms with van der Waals surface area (Å²) >= 11 is 0. The molecule has 0 aliphatic heterocycles. The molecule has 0 radical (unpaired) electrons. The summed E-state index contributed by atoms with van der Waals surface area (Å²) < 4.78 is 59.2. The smallest absolute Gasteiger partial charge is 0.134 e. The summed E-state index contributed by atoms with van der Waals surface area (Å²) in [5.74, 6) is -3.02. The van der Waals surface area contributed by atoms with Crippen molar-refractivity contribution < 1.29 is 17.6 Å². The Labute approximate surface area is 209 Å². The molecule has 4 heteroatoms. The number of allylic oxidation sites excluding steroid dienone is 2. The number of hydrogen-bond acceptors (Lipinski definition) is 0. The van der Waals surface area contributed by atoms with Crippen molar-refractivity contribution in [2.45, 2.75) is 39.0 Å². The van der Waals surface area contributed by atoms with Crippen molar-refractivity contribution in [2.75, 3.05) is 0 Å². The van der Waals surface area contributed by atoms with Gasteiger partial charge in [0.1, 0.15) is 23.3 Å². The Hall–Kier alpha value is -3.66. The van der Waals surface area contributed by atoms with Gasteiger partial charge in [0.05, 0.1) is 5.56 Å². The summed E-state index contributed by atoms with van der Waals surface area (Å²) in [6.45, 7) is 3.99. The molecule has 1 atom stereocenters. The number of hydrogen-bond donors (Lipinski definition) is 0.